The summed E-state index contributed by atoms with van der Waals surface area (Å²) in [5, 5.41) is 12.5. The fraction of sp³-hybridized carbons (Fsp3) is 0.842. The second kappa shape index (κ2) is 8.37. The minimum absolute atomic E-state index is 0.0484. The third-order valence-corrected chi connectivity index (χ3v) is 6.33. The Labute approximate surface area is 155 Å². The van der Waals surface area contributed by atoms with Gasteiger partial charge in [-0.15, -0.1) is 0 Å². The van der Waals surface area contributed by atoms with Gasteiger partial charge in [-0.25, -0.2) is 0 Å². The topological polar surface area (TPSA) is 89.9 Å². The molecular weight excluding hydrogens is 334 g/mol. The van der Waals surface area contributed by atoms with Gasteiger partial charge >= 0.3 is 5.97 Å². The molecule has 0 bridgehead atoms. The van der Waals surface area contributed by atoms with E-state index in [0.29, 0.717) is 32.6 Å². The summed E-state index contributed by atoms with van der Waals surface area (Å²) in [7, 11) is 0. The van der Waals surface area contributed by atoms with Gasteiger partial charge in [-0.1, -0.05) is 12.8 Å². The molecule has 2 N–H and O–H groups in total. The molecule has 3 fully saturated rings. The number of nitrogens with zero attached hydrogens (tertiary/aromatic N) is 2. The second-order valence-electron chi connectivity index (χ2n) is 8.12. The Bertz CT molecular complexity index is 553. The highest BCUT2D eigenvalue weighted by molar-refractivity contribution is 5.79. The summed E-state index contributed by atoms with van der Waals surface area (Å²) in [5.41, 5.74) is -0.632. The van der Waals surface area contributed by atoms with Crippen LogP contribution in [0.1, 0.15) is 51.4 Å². The van der Waals surface area contributed by atoms with Crippen molar-refractivity contribution in [2.45, 2.75) is 51.4 Å². The molecule has 7 heteroatoms. The summed E-state index contributed by atoms with van der Waals surface area (Å²) < 4.78 is 0. The molecular formula is C19H31N3O4. The maximum atomic E-state index is 12.2. The Morgan fingerprint density at radius 3 is 2.85 bits per heavy atom. The van der Waals surface area contributed by atoms with Crippen LogP contribution in [-0.4, -0.2) is 72.0 Å². The number of hydrogen-bond donors (Lipinski definition) is 2. The van der Waals surface area contributed by atoms with Crippen LogP contribution in [0.5, 0.6) is 0 Å². The number of nitrogens with one attached hydrogen (secondary N) is 1. The molecule has 0 aromatic heterocycles. The van der Waals surface area contributed by atoms with Crippen molar-refractivity contribution in [3.63, 3.8) is 0 Å². The fourth-order valence-electron chi connectivity index (χ4n) is 4.90. The SMILES string of the molecule is O=C(CN1C[C@@H]2CCC[C@@]2(C(=O)O)C1)NCCCN1CCCCCC1=O. The second-order valence-corrected chi connectivity index (χ2v) is 8.12. The first-order valence-corrected chi connectivity index (χ1v) is 10.0. The number of carbonyl (C=O) groups is 3. The molecule has 0 aromatic rings. The summed E-state index contributed by atoms with van der Waals surface area (Å²) >= 11 is 0. The molecule has 7 nitrogen and oxygen atoms in total. The van der Waals surface area contributed by atoms with Gasteiger partial charge in [0.25, 0.3) is 0 Å². The lowest BCUT2D eigenvalue weighted by atomic mass is 9.81. The van der Waals surface area contributed by atoms with Crippen LogP contribution in [0, 0.1) is 11.3 Å². The largest absolute Gasteiger partial charge is 0.481 e. The minimum atomic E-state index is -0.704. The smallest absolute Gasteiger partial charge is 0.311 e. The lowest BCUT2D eigenvalue weighted by Gasteiger charge is -2.23. The lowest BCUT2D eigenvalue weighted by Crippen LogP contribution is -2.40. The van der Waals surface area contributed by atoms with E-state index in [4.69, 9.17) is 0 Å². The van der Waals surface area contributed by atoms with E-state index < -0.39 is 11.4 Å². The number of amides is 2. The Hall–Kier alpha value is -1.63. The summed E-state index contributed by atoms with van der Waals surface area (Å²) in [4.78, 5) is 39.7. The molecule has 2 aliphatic heterocycles. The van der Waals surface area contributed by atoms with Crippen molar-refractivity contribution in [2.24, 2.45) is 11.3 Å². The van der Waals surface area contributed by atoms with E-state index in [1.165, 1.54) is 0 Å². The standard InChI is InChI=1S/C19H31N3O4/c23-16(20-9-5-11-22-10-3-1-2-7-17(22)24)13-21-12-15-6-4-8-19(15,14-21)18(25)26/h15H,1-14H2,(H,20,23)(H,25,26)/t15-,19+/m0/s1. The van der Waals surface area contributed by atoms with Gasteiger partial charge in [0.2, 0.25) is 11.8 Å². The van der Waals surface area contributed by atoms with Crippen LogP contribution >= 0.6 is 0 Å². The molecule has 0 radical (unpaired) electrons. The minimum Gasteiger partial charge on any atom is -0.481 e. The number of carboxylic acid groups (broad SMARTS) is 1. The van der Waals surface area contributed by atoms with E-state index in [2.05, 4.69) is 5.32 Å². The number of carboxylic acids is 1. The molecule has 3 aliphatic rings. The molecule has 0 unspecified atom stereocenters. The van der Waals surface area contributed by atoms with E-state index >= 15 is 0 Å². The number of carbonyl (C=O) groups excluding carboxylic acids is 2. The maximum Gasteiger partial charge on any atom is 0.311 e. The molecule has 2 heterocycles. The van der Waals surface area contributed by atoms with Crippen LogP contribution in [0.3, 0.4) is 0 Å². The van der Waals surface area contributed by atoms with Gasteiger partial charge in [0.05, 0.1) is 12.0 Å². The molecule has 1 saturated carbocycles. The van der Waals surface area contributed by atoms with Crippen LogP contribution in [0.25, 0.3) is 0 Å². The third kappa shape index (κ3) is 4.19. The third-order valence-electron chi connectivity index (χ3n) is 6.33. The van der Waals surface area contributed by atoms with E-state index in [-0.39, 0.29) is 24.3 Å². The summed E-state index contributed by atoms with van der Waals surface area (Å²) in [5.74, 6) is -0.337. The zero-order chi connectivity index (χ0) is 18.6. The fourth-order valence-corrected chi connectivity index (χ4v) is 4.90. The highest BCUT2D eigenvalue weighted by atomic mass is 16.4. The zero-order valence-corrected chi connectivity index (χ0v) is 15.5. The first-order chi connectivity index (χ1) is 12.5. The van der Waals surface area contributed by atoms with Gasteiger partial charge in [-0.2, -0.15) is 0 Å². The van der Waals surface area contributed by atoms with Gasteiger partial charge in [0.1, 0.15) is 0 Å². The number of likely N-dealkylation sites (tertiary alicyclic amines) is 2. The average Bonchev–Trinajstić information content (AvgIpc) is 3.06. The van der Waals surface area contributed by atoms with Gasteiger partial charge in [-0.05, 0) is 38.0 Å². The number of rotatable bonds is 7. The highest BCUT2D eigenvalue weighted by Gasteiger charge is 2.54. The highest BCUT2D eigenvalue weighted by Crippen LogP contribution is 2.48. The molecule has 2 amide bonds. The molecule has 0 spiro atoms. The molecule has 2 saturated heterocycles. The van der Waals surface area contributed by atoms with E-state index in [0.717, 1.165) is 51.5 Å². The van der Waals surface area contributed by atoms with Gasteiger partial charge in [0.15, 0.2) is 0 Å². The predicted molar refractivity (Wildman–Crippen MR) is 96.5 cm³/mol. The van der Waals surface area contributed by atoms with Crippen LogP contribution in [0.15, 0.2) is 0 Å². The van der Waals surface area contributed by atoms with Crippen molar-refractivity contribution in [3.8, 4) is 0 Å². The number of aliphatic carboxylic acids is 1. The molecule has 146 valence electrons. The monoisotopic (exact) mass is 365 g/mol. The van der Waals surface area contributed by atoms with Crippen molar-refractivity contribution < 1.29 is 19.5 Å². The zero-order valence-electron chi connectivity index (χ0n) is 15.5. The number of fused-ring (bicyclic) bond motifs is 1. The van der Waals surface area contributed by atoms with Crippen molar-refractivity contribution in [3.05, 3.63) is 0 Å². The van der Waals surface area contributed by atoms with Crippen molar-refractivity contribution in [2.75, 3.05) is 39.3 Å². The van der Waals surface area contributed by atoms with Crippen molar-refractivity contribution in [1.82, 2.24) is 15.1 Å². The van der Waals surface area contributed by atoms with Gasteiger partial charge in [0, 0.05) is 39.1 Å². The quantitative estimate of drug-likeness (QED) is 0.659. The predicted octanol–water partition coefficient (Wildman–Crippen LogP) is 1.08. The van der Waals surface area contributed by atoms with Crippen LogP contribution < -0.4 is 5.32 Å². The first-order valence-electron chi connectivity index (χ1n) is 10.0. The first kappa shape index (κ1) is 19.1. The van der Waals surface area contributed by atoms with E-state index in [1.54, 1.807) is 0 Å². The average molecular weight is 365 g/mol. The van der Waals surface area contributed by atoms with E-state index in [1.807, 2.05) is 9.80 Å². The Kier molecular flexibility index (Phi) is 6.16. The molecule has 2 atom stereocenters. The summed E-state index contributed by atoms with van der Waals surface area (Å²) in [6.45, 7) is 3.56. The Morgan fingerprint density at radius 1 is 1.23 bits per heavy atom. The van der Waals surface area contributed by atoms with Gasteiger partial charge in [-0.3, -0.25) is 19.3 Å². The summed E-state index contributed by atoms with van der Waals surface area (Å²) in [6.07, 6.45) is 7.25. The Morgan fingerprint density at radius 2 is 2.08 bits per heavy atom. The van der Waals surface area contributed by atoms with E-state index in [9.17, 15) is 19.5 Å². The summed E-state index contributed by atoms with van der Waals surface area (Å²) in [6, 6.07) is 0. The molecule has 1 aliphatic carbocycles. The molecule has 26 heavy (non-hydrogen) atoms. The normalized spacial score (nSPS) is 29.5. The van der Waals surface area contributed by atoms with Crippen LogP contribution in [0.4, 0.5) is 0 Å². The van der Waals surface area contributed by atoms with Crippen LogP contribution in [-0.2, 0) is 14.4 Å². The molecule has 3 rings (SSSR count). The Balaban J connectivity index is 1.36. The van der Waals surface area contributed by atoms with Gasteiger partial charge < -0.3 is 15.3 Å². The van der Waals surface area contributed by atoms with Crippen molar-refractivity contribution in [1.29, 1.82) is 0 Å². The maximum absolute atomic E-state index is 12.2. The van der Waals surface area contributed by atoms with Crippen molar-refractivity contribution >= 4 is 17.8 Å². The number of hydrogen-bond acceptors (Lipinski definition) is 4. The van der Waals surface area contributed by atoms with Crippen LogP contribution in [0.2, 0.25) is 0 Å². The lowest BCUT2D eigenvalue weighted by molar-refractivity contribution is -0.149. The molecule has 0 aromatic carbocycles.